The SMILES string of the molecule is C#CCOc1ccccc1/C=C(\C#N)C(=O)c1[nH]c(C)c(C(=O)OCC)c1C. The molecule has 0 atom stereocenters. The molecule has 0 amide bonds. The van der Waals surface area contributed by atoms with Gasteiger partial charge in [-0.2, -0.15) is 5.26 Å². The fourth-order valence-corrected chi connectivity index (χ4v) is 2.78. The summed E-state index contributed by atoms with van der Waals surface area (Å²) in [5, 5.41) is 9.53. The van der Waals surface area contributed by atoms with Crippen LogP contribution in [-0.2, 0) is 4.74 Å². The summed E-state index contributed by atoms with van der Waals surface area (Å²) in [4.78, 5) is 28.0. The van der Waals surface area contributed by atoms with Crippen molar-refractivity contribution in [1.82, 2.24) is 4.98 Å². The highest BCUT2D eigenvalue weighted by Gasteiger charge is 2.24. The molecule has 28 heavy (non-hydrogen) atoms. The van der Waals surface area contributed by atoms with E-state index in [9.17, 15) is 14.9 Å². The molecular weight excluding hydrogens is 356 g/mol. The highest BCUT2D eigenvalue weighted by atomic mass is 16.5. The fourth-order valence-electron chi connectivity index (χ4n) is 2.78. The number of nitrogens with zero attached hydrogens (tertiary/aromatic N) is 1. The number of carbonyl (C=O) groups excluding carboxylic acids is 2. The molecule has 0 bridgehead atoms. The standard InChI is InChI=1S/C22H20N2O4/c1-5-11-28-18-10-8-7-9-16(18)12-17(13-23)21(25)20-14(3)19(15(4)24-20)22(26)27-6-2/h1,7-10,12,24H,6,11H2,2-4H3/b17-12+. The number of benzene rings is 1. The first-order valence-electron chi connectivity index (χ1n) is 8.62. The smallest absolute Gasteiger partial charge is 0.340 e. The predicted octanol–water partition coefficient (Wildman–Crippen LogP) is 3.61. The van der Waals surface area contributed by atoms with Gasteiger partial charge < -0.3 is 14.5 Å². The summed E-state index contributed by atoms with van der Waals surface area (Å²) in [7, 11) is 0. The number of carbonyl (C=O) groups is 2. The van der Waals surface area contributed by atoms with Crippen LogP contribution in [0.5, 0.6) is 5.75 Å². The molecular formula is C22H20N2O4. The average molecular weight is 376 g/mol. The lowest BCUT2D eigenvalue weighted by Crippen LogP contribution is -2.08. The van der Waals surface area contributed by atoms with E-state index >= 15 is 0 Å². The van der Waals surface area contributed by atoms with Gasteiger partial charge in [-0.15, -0.1) is 6.42 Å². The lowest BCUT2D eigenvalue weighted by molar-refractivity contribution is 0.0525. The van der Waals surface area contributed by atoms with Crippen LogP contribution in [0.4, 0.5) is 0 Å². The summed E-state index contributed by atoms with van der Waals surface area (Å²) in [6, 6.07) is 8.86. The van der Waals surface area contributed by atoms with Gasteiger partial charge in [0.05, 0.1) is 17.9 Å². The van der Waals surface area contributed by atoms with Gasteiger partial charge in [0, 0.05) is 11.3 Å². The number of nitrogens with one attached hydrogen (secondary N) is 1. The molecule has 1 N–H and O–H groups in total. The number of terminal acetylenes is 1. The maximum atomic E-state index is 12.9. The quantitative estimate of drug-likeness (QED) is 0.262. The Bertz CT molecular complexity index is 1020. The molecule has 0 aliphatic rings. The molecule has 0 aliphatic heterocycles. The Morgan fingerprint density at radius 3 is 2.64 bits per heavy atom. The molecule has 1 heterocycles. The van der Waals surface area contributed by atoms with E-state index < -0.39 is 11.8 Å². The third kappa shape index (κ3) is 4.31. The van der Waals surface area contributed by atoms with Crippen molar-refractivity contribution in [2.45, 2.75) is 20.8 Å². The maximum Gasteiger partial charge on any atom is 0.340 e. The van der Waals surface area contributed by atoms with Crippen LogP contribution in [0.15, 0.2) is 29.8 Å². The third-order valence-electron chi connectivity index (χ3n) is 4.04. The minimum absolute atomic E-state index is 0.0680. The molecule has 1 aromatic heterocycles. The summed E-state index contributed by atoms with van der Waals surface area (Å²) < 4.78 is 10.5. The molecule has 0 saturated heterocycles. The highest BCUT2D eigenvalue weighted by Crippen LogP contribution is 2.25. The van der Waals surface area contributed by atoms with E-state index in [1.54, 1.807) is 45.0 Å². The van der Waals surface area contributed by atoms with Crippen LogP contribution in [0, 0.1) is 37.5 Å². The van der Waals surface area contributed by atoms with Gasteiger partial charge in [0.2, 0.25) is 5.78 Å². The van der Waals surface area contributed by atoms with Gasteiger partial charge in [-0.3, -0.25) is 4.79 Å². The number of allylic oxidation sites excluding steroid dienone is 1. The zero-order chi connectivity index (χ0) is 20.7. The Labute approximate surface area is 163 Å². The van der Waals surface area contributed by atoms with E-state index in [4.69, 9.17) is 15.9 Å². The number of aryl methyl sites for hydroxylation is 1. The average Bonchev–Trinajstić information content (AvgIpc) is 2.99. The van der Waals surface area contributed by atoms with Crippen molar-refractivity contribution >= 4 is 17.8 Å². The molecule has 142 valence electrons. The van der Waals surface area contributed by atoms with Crippen molar-refractivity contribution in [3.05, 3.63) is 57.9 Å². The topological polar surface area (TPSA) is 92.2 Å². The Kier molecular flexibility index (Phi) is 6.79. The lowest BCUT2D eigenvalue weighted by Gasteiger charge is -2.07. The number of esters is 1. The van der Waals surface area contributed by atoms with Crippen LogP contribution in [0.25, 0.3) is 6.08 Å². The van der Waals surface area contributed by atoms with E-state index in [2.05, 4.69) is 10.9 Å². The number of ketones is 1. The van der Waals surface area contributed by atoms with Crippen molar-refractivity contribution in [1.29, 1.82) is 5.26 Å². The minimum atomic E-state index is -0.523. The van der Waals surface area contributed by atoms with Crippen molar-refractivity contribution in [2.75, 3.05) is 13.2 Å². The van der Waals surface area contributed by atoms with Gasteiger partial charge in [-0.05, 0) is 38.5 Å². The molecule has 0 aliphatic carbocycles. The van der Waals surface area contributed by atoms with Crippen LogP contribution in [0.2, 0.25) is 0 Å². The monoisotopic (exact) mass is 376 g/mol. The molecule has 6 heteroatoms. The molecule has 0 spiro atoms. The van der Waals surface area contributed by atoms with Crippen molar-refractivity contribution in [2.24, 2.45) is 0 Å². The molecule has 0 radical (unpaired) electrons. The number of rotatable bonds is 7. The molecule has 1 aromatic carbocycles. The Balaban J connectivity index is 2.45. The normalized spacial score (nSPS) is 10.7. The number of para-hydroxylation sites is 1. The Morgan fingerprint density at radius 2 is 2.00 bits per heavy atom. The number of hydrogen-bond donors (Lipinski definition) is 1. The molecule has 2 aromatic rings. The number of aromatic amines is 1. The van der Waals surface area contributed by atoms with E-state index in [0.29, 0.717) is 28.1 Å². The summed E-state index contributed by atoms with van der Waals surface area (Å²) in [5.41, 5.74) is 1.88. The number of nitriles is 1. The summed E-state index contributed by atoms with van der Waals surface area (Å²) in [6.45, 7) is 5.32. The molecule has 0 unspecified atom stereocenters. The van der Waals surface area contributed by atoms with Gasteiger partial charge in [-0.1, -0.05) is 24.1 Å². The number of Topliss-reactive ketones (excluding diaryl/α,β-unsaturated/α-hetero) is 1. The van der Waals surface area contributed by atoms with Gasteiger partial charge in [0.15, 0.2) is 0 Å². The summed E-state index contributed by atoms with van der Waals surface area (Å²) >= 11 is 0. The van der Waals surface area contributed by atoms with Crippen LogP contribution >= 0.6 is 0 Å². The van der Waals surface area contributed by atoms with Gasteiger partial charge in [0.1, 0.15) is 24.0 Å². The van der Waals surface area contributed by atoms with Crippen LogP contribution in [0.3, 0.4) is 0 Å². The second-order valence-corrected chi connectivity index (χ2v) is 5.88. The fraction of sp³-hybridized carbons (Fsp3) is 0.227. The van der Waals surface area contributed by atoms with Gasteiger partial charge >= 0.3 is 5.97 Å². The number of H-pyrrole nitrogens is 1. The molecule has 0 fully saturated rings. The predicted molar refractivity (Wildman–Crippen MR) is 105 cm³/mol. The molecule has 2 rings (SSSR count). The zero-order valence-corrected chi connectivity index (χ0v) is 16.0. The Morgan fingerprint density at radius 1 is 1.29 bits per heavy atom. The van der Waals surface area contributed by atoms with Crippen LogP contribution < -0.4 is 4.74 Å². The number of ether oxygens (including phenoxy) is 2. The molecule has 0 saturated carbocycles. The van der Waals surface area contributed by atoms with Crippen molar-refractivity contribution in [3.63, 3.8) is 0 Å². The van der Waals surface area contributed by atoms with Gasteiger partial charge in [0.25, 0.3) is 0 Å². The lowest BCUT2D eigenvalue weighted by atomic mass is 10.0. The van der Waals surface area contributed by atoms with Crippen LogP contribution in [0.1, 0.15) is 44.6 Å². The van der Waals surface area contributed by atoms with E-state index in [1.807, 2.05) is 6.07 Å². The number of aromatic nitrogens is 1. The van der Waals surface area contributed by atoms with Crippen molar-refractivity contribution < 1.29 is 19.1 Å². The first-order valence-corrected chi connectivity index (χ1v) is 8.62. The van der Waals surface area contributed by atoms with E-state index in [1.165, 1.54) is 6.08 Å². The summed E-state index contributed by atoms with van der Waals surface area (Å²) in [6.07, 6.45) is 6.66. The summed E-state index contributed by atoms with van der Waals surface area (Å²) in [5.74, 6) is 1.80. The zero-order valence-electron chi connectivity index (χ0n) is 16.0. The second-order valence-electron chi connectivity index (χ2n) is 5.88. The van der Waals surface area contributed by atoms with E-state index in [0.717, 1.165) is 0 Å². The first kappa shape index (κ1) is 20.5. The second kappa shape index (κ2) is 9.25. The maximum absolute atomic E-state index is 12.9. The van der Waals surface area contributed by atoms with Gasteiger partial charge in [-0.25, -0.2) is 4.79 Å². The Hall–Kier alpha value is -3.77. The third-order valence-corrected chi connectivity index (χ3v) is 4.04. The highest BCUT2D eigenvalue weighted by molar-refractivity contribution is 6.15. The minimum Gasteiger partial charge on any atom is -0.480 e. The number of hydrogen-bond acceptors (Lipinski definition) is 5. The molecule has 6 nitrogen and oxygen atoms in total. The van der Waals surface area contributed by atoms with E-state index in [-0.39, 0.29) is 24.5 Å². The van der Waals surface area contributed by atoms with Crippen LogP contribution in [-0.4, -0.2) is 30.0 Å². The first-order chi connectivity index (χ1) is 13.4. The largest absolute Gasteiger partial charge is 0.480 e. The van der Waals surface area contributed by atoms with Crippen molar-refractivity contribution in [3.8, 4) is 24.2 Å².